The van der Waals surface area contributed by atoms with Crippen LogP contribution in [0.15, 0.2) is 30.0 Å². The molecule has 8 N–H and O–H groups in total. The highest BCUT2D eigenvalue weighted by Gasteiger charge is 2.46. The minimum absolute atomic E-state index is 0.0395. The van der Waals surface area contributed by atoms with E-state index in [4.69, 9.17) is 18.9 Å². The zero-order chi connectivity index (χ0) is 25.4. The van der Waals surface area contributed by atoms with Crippen LogP contribution < -0.4 is 9.47 Å². The fraction of sp³-hybridized carbons (Fsp3) is 0.391. The van der Waals surface area contributed by atoms with Gasteiger partial charge < -0.3 is 59.4 Å². The molecule has 0 aliphatic carbocycles. The minimum Gasteiger partial charge on any atom is -0.571 e. The maximum Gasteiger partial charge on any atom is 0.270 e. The molecule has 2 heterocycles. The lowest BCUT2D eigenvalue weighted by atomic mass is 9.98. The molecule has 2 aromatic rings. The van der Waals surface area contributed by atoms with Gasteiger partial charge in [-0.05, 0) is 12.1 Å². The summed E-state index contributed by atoms with van der Waals surface area (Å²) in [4.78, 5) is 0. The summed E-state index contributed by atoms with van der Waals surface area (Å²) in [6.45, 7) is -0.646. The summed E-state index contributed by atoms with van der Waals surface area (Å²) in [5.41, 5.74) is 0.608. The van der Waals surface area contributed by atoms with Crippen LogP contribution in [-0.2, 0) is 9.47 Å². The average molecular weight is 495 g/mol. The topological polar surface area (TPSA) is 191 Å². The average Bonchev–Trinajstić information content (AvgIpc) is 2.84. The lowest BCUT2D eigenvalue weighted by Gasteiger charge is -2.40. The van der Waals surface area contributed by atoms with Crippen molar-refractivity contribution in [1.29, 1.82) is 0 Å². The lowest BCUT2D eigenvalue weighted by molar-refractivity contribution is -0.295. The number of fused-ring (bicyclic) bond motifs is 1. The summed E-state index contributed by atoms with van der Waals surface area (Å²) >= 11 is 0. The summed E-state index contributed by atoms with van der Waals surface area (Å²) in [5.74, 6) is -0.352. The van der Waals surface area contributed by atoms with E-state index in [2.05, 4.69) is 4.74 Å². The molecule has 2 aromatic carbocycles. The van der Waals surface area contributed by atoms with Gasteiger partial charge in [-0.25, -0.2) is 0 Å². The zero-order valence-corrected chi connectivity index (χ0v) is 18.8. The second kappa shape index (κ2) is 9.68. The van der Waals surface area contributed by atoms with E-state index in [1.165, 1.54) is 38.5 Å². The molecule has 35 heavy (non-hydrogen) atoms. The minimum atomic E-state index is -1.69. The molecular formula is C23H27O12+. The third kappa shape index (κ3) is 4.49. The number of methoxy groups -OCH3 is 2. The van der Waals surface area contributed by atoms with Crippen LogP contribution in [0.25, 0.3) is 6.08 Å². The maximum atomic E-state index is 10.4. The fourth-order valence-electron chi connectivity index (χ4n) is 3.99. The fourth-order valence-corrected chi connectivity index (χ4v) is 3.99. The van der Waals surface area contributed by atoms with E-state index in [0.29, 0.717) is 5.56 Å². The van der Waals surface area contributed by atoms with Crippen LogP contribution >= 0.6 is 0 Å². The van der Waals surface area contributed by atoms with E-state index < -0.39 is 43.4 Å². The largest absolute Gasteiger partial charge is 0.571 e. The van der Waals surface area contributed by atoms with Gasteiger partial charge in [-0.1, -0.05) is 0 Å². The standard InChI is InChI=1S/C23H26O12/c1-31-14-3-9(4-15(32-2)18(14)27)22-16(7-11-12(26)5-10(25)6-13(11)33-22)34-23-21(30)20(29)19(28)17(8-24)35-23/h3-7,17,19-30H,8H2,1-2H3/p+1/t17?,19-,20?,21?,22?,23-/m1/s1. The third-order valence-corrected chi connectivity index (χ3v) is 5.86. The van der Waals surface area contributed by atoms with E-state index in [1.807, 2.05) is 0 Å². The van der Waals surface area contributed by atoms with E-state index in [0.717, 1.165) is 6.07 Å². The molecule has 0 spiro atoms. The van der Waals surface area contributed by atoms with Gasteiger partial charge in [-0.2, -0.15) is 0 Å². The van der Waals surface area contributed by atoms with Crippen LogP contribution in [0.3, 0.4) is 0 Å². The van der Waals surface area contributed by atoms with Crippen LogP contribution in [0.4, 0.5) is 0 Å². The quantitative estimate of drug-likeness (QED) is 0.266. The smallest absolute Gasteiger partial charge is 0.270 e. The van der Waals surface area contributed by atoms with Gasteiger partial charge in [0.25, 0.3) is 11.9 Å². The van der Waals surface area contributed by atoms with E-state index >= 15 is 0 Å². The van der Waals surface area contributed by atoms with Crippen molar-refractivity contribution >= 4 is 6.08 Å². The summed E-state index contributed by atoms with van der Waals surface area (Å²) in [7, 11) is 2.70. The van der Waals surface area contributed by atoms with Crippen molar-refractivity contribution < 1.29 is 59.4 Å². The Bertz CT molecular complexity index is 1090. The van der Waals surface area contributed by atoms with Gasteiger partial charge in [0, 0.05) is 12.1 Å². The molecule has 190 valence electrons. The summed E-state index contributed by atoms with van der Waals surface area (Å²) in [6, 6.07) is 5.40. The number of aliphatic hydroxyl groups is 5. The Kier molecular flexibility index (Phi) is 6.83. The molecule has 4 rings (SSSR count). The number of phenolic OH excluding ortho intramolecular Hbond substituents is 3. The molecule has 0 saturated carbocycles. The predicted octanol–water partition coefficient (Wildman–Crippen LogP) is -0.0258. The molecule has 12 heteroatoms. The predicted molar refractivity (Wildman–Crippen MR) is 118 cm³/mol. The number of rotatable bonds is 6. The van der Waals surface area contributed by atoms with Crippen LogP contribution in [0.2, 0.25) is 0 Å². The van der Waals surface area contributed by atoms with Crippen molar-refractivity contribution in [2.24, 2.45) is 0 Å². The first-order valence-electron chi connectivity index (χ1n) is 10.6. The number of aliphatic hydroxyl groups excluding tert-OH is 4. The number of hydrogen-bond donors (Lipinski definition) is 7. The molecule has 1 fully saturated rings. The second-order valence-electron chi connectivity index (χ2n) is 8.07. The Balaban J connectivity index is 1.79. The normalized spacial score (nSPS) is 27.9. The van der Waals surface area contributed by atoms with Gasteiger partial charge in [0.1, 0.15) is 41.5 Å². The van der Waals surface area contributed by atoms with Crippen molar-refractivity contribution in [1.82, 2.24) is 0 Å². The van der Waals surface area contributed by atoms with E-state index in [1.54, 1.807) is 0 Å². The van der Waals surface area contributed by atoms with Gasteiger partial charge in [-0.15, -0.1) is 0 Å². The second-order valence-corrected chi connectivity index (χ2v) is 8.07. The molecule has 0 amide bonds. The third-order valence-electron chi connectivity index (χ3n) is 5.86. The van der Waals surface area contributed by atoms with Gasteiger partial charge >= 0.3 is 0 Å². The molecule has 1 saturated heterocycles. The molecule has 0 radical (unpaired) electrons. The first-order valence-corrected chi connectivity index (χ1v) is 10.6. The number of phenols is 3. The van der Waals surface area contributed by atoms with Crippen molar-refractivity contribution in [2.45, 2.75) is 36.8 Å². The molecule has 4 unspecified atom stereocenters. The molecule has 6 atom stereocenters. The van der Waals surface area contributed by atoms with E-state index in [-0.39, 0.29) is 45.8 Å². The van der Waals surface area contributed by atoms with Gasteiger partial charge in [0.15, 0.2) is 17.3 Å². The number of aromatic hydroxyl groups is 4. The highest BCUT2D eigenvalue weighted by Crippen LogP contribution is 2.48. The lowest BCUT2D eigenvalue weighted by Crippen LogP contribution is -2.59. The van der Waals surface area contributed by atoms with Gasteiger partial charge in [-0.3, -0.25) is 0 Å². The Morgan fingerprint density at radius 3 is 2.17 bits per heavy atom. The maximum absolute atomic E-state index is 10.4. The monoisotopic (exact) mass is 495 g/mol. The molecule has 12 nitrogen and oxygen atoms in total. The Morgan fingerprint density at radius 2 is 1.57 bits per heavy atom. The van der Waals surface area contributed by atoms with Crippen molar-refractivity contribution in [3.05, 3.63) is 41.2 Å². The Hall–Kier alpha value is -3.42. The van der Waals surface area contributed by atoms with Crippen molar-refractivity contribution in [3.8, 4) is 34.5 Å². The zero-order valence-electron chi connectivity index (χ0n) is 18.8. The number of ether oxygens (including phenoxy) is 5. The van der Waals surface area contributed by atoms with Gasteiger partial charge in [0.05, 0.1) is 32.5 Å². The molecule has 0 aromatic heterocycles. The Labute approximate surface area is 199 Å². The SMILES string of the molecule is COc1cc(C2[OH+]c3cc(O)cc(O)c3C=C2O[C@@H]2OC(CO)[C@@H](O)C(O)C2O)cc(OC)c1O. The summed E-state index contributed by atoms with van der Waals surface area (Å²) < 4.78 is 26.3. The van der Waals surface area contributed by atoms with Crippen molar-refractivity contribution in [2.75, 3.05) is 20.8 Å². The number of hydrogen-bond acceptors (Lipinski definition) is 11. The molecular weight excluding hydrogens is 468 g/mol. The molecule has 2 aliphatic rings. The van der Waals surface area contributed by atoms with Crippen molar-refractivity contribution in [3.63, 3.8) is 0 Å². The van der Waals surface area contributed by atoms with Crippen LogP contribution in [0, 0.1) is 0 Å². The van der Waals surface area contributed by atoms with Crippen LogP contribution in [-0.4, -0.2) is 92.0 Å². The van der Waals surface area contributed by atoms with Gasteiger partial charge in [0.2, 0.25) is 12.0 Å². The molecule has 0 bridgehead atoms. The first kappa shape index (κ1) is 24.7. The van der Waals surface area contributed by atoms with Crippen LogP contribution in [0.1, 0.15) is 17.2 Å². The van der Waals surface area contributed by atoms with Crippen LogP contribution in [0.5, 0.6) is 34.5 Å². The molecule has 2 aliphatic heterocycles. The summed E-state index contributed by atoms with van der Waals surface area (Å²) in [5, 5.41) is 70.7. The Morgan fingerprint density at radius 1 is 0.914 bits per heavy atom. The summed E-state index contributed by atoms with van der Waals surface area (Å²) in [6.07, 6.45) is -7.21. The van der Waals surface area contributed by atoms with E-state index in [9.17, 15) is 35.7 Å². The number of benzene rings is 2. The highest BCUT2D eigenvalue weighted by molar-refractivity contribution is 5.69. The first-order chi connectivity index (χ1) is 16.7. The highest BCUT2D eigenvalue weighted by atomic mass is 16.7.